The molecule has 0 rings (SSSR count). The standard InChI is InChI=1S/C5H11NO2.C4H9NO2/c1-3(2)4(6)5(7)8;1-4(2,5)3(6)7/h3-4H,6H2,1-2H3,(H,7,8);5H2,1-2H3,(H,6,7)/t4-;/m0./s1. The van der Waals surface area contributed by atoms with Gasteiger partial charge in [-0.25, -0.2) is 0 Å². The number of aliphatic carboxylic acids is 2. The second kappa shape index (κ2) is 6.36. The second-order valence-electron chi connectivity index (χ2n) is 4.13. The molecule has 0 aromatic rings. The molecule has 0 aliphatic carbocycles. The molecule has 0 saturated heterocycles. The van der Waals surface area contributed by atoms with E-state index in [0.29, 0.717) is 0 Å². The van der Waals surface area contributed by atoms with Gasteiger partial charge in [0.1, 0.15) is 11.6 Å². The molecule has 1 atom stereocenters. The van der Waals surface area contributed by atoms with Crippen LogP contribution in [0.25, 0.3) is 0 Å². The van der Waals surface area contributed by atoms with Gasteiger partial charge in [-0.05, 0) is 19.8 Å². The lowest BCUT2D eigenvalue weighted by Gasteiger charge is -2.09. The van der Waals surface area contributed by atoms with Gasteiger partial charge >= 0.3 is 11.9 Å². The zero-order valence-electron chi connectivity index (χ0n) is 9.52. The lowest BCUT2D eigenvalue weighted by Crippen LogP contribution is -2.41. The zero-order chi connectivity index (χ0) is 12.8. The SMILES string of the molecule is CC(C)(N)C(=O)O.CC(C)[C@H](N)C(=O)O. The predicted octanol–water partition coefficient (Wildman–Crippen LogP) is -0.137. The summed E-state index contributed by atoms with van der Waals surface area (Å²) in [4.78, 5) is 19.9. The summed E-state index contributed by atoms with van der Waals surface area (Å²) in [6, 6.07) is -0.713. The Hall–Kier alpha value is -1.14. The first-order valence-corrected chi connectivity index (χ1v) is 4.50. The van der Waals surface area contributed by atoms with Crippen LogP contribution in [0, 0.1) is 5.92 Å². The number of hydrogen-bond acceptors (Lipinski definition) is 4. The van der Waals surface area contributed by atoms with E-state index < -0.39 is 23.5 Å². The highest BCUT2D eigenvalue weighted by atomic mass is 16.4. The topological polar surface area (TPSA) is 127 Å². The molecule has 0 fully saturated rings. The average molecular weight is 220 g/mol. The molecule has 15 heavy (non-hydrogen) atoms. The van der Waals surface area contributed by atoms with Crippen LogP contribution in [0.3, 0.4) is 0 Å². The Balaban J connectivity index is 0. The van der Waals surface area contributed by atoms with Crippen LogP contribution in [0.5, 0.6) is 0 Å². The van der Waals surface area contributed by atoms with Crippen LogP contribution < -0.4 is 11.5 Å². The fourth-order valence-corrected chi connectivity index (χ4v) is 0.285. The molecule has 0 spiro atoms. The third-order valence-electron chi connectivity index (χ3n) is 1.55. The molecule has 0 bridgehead atoms. The number of nitrogens with two attached hydrogens (primary N) is 2. The van der Waals surface area contributed by atoms with Crippen LogP contribution in [0.1, 0.15) is 27.7 Å². The molecule has 6 N–H and O–H groups in total. The van der Waals surface area contributed by atoms with Gasteiger partial charge in [-0.3, -0.25) is 9.59 Å². The first-order chi connectivity index (χ1) is 6.50. The summed E-state index contributed by atoms with van der Waals surface area (Å²) in [7, 11) is 0. The first-order valence-electron chi connectivity index (χ1n) is 4.50. The van der Waals surface area contributed by atoms with Gasteiger partial charge < -0.3 is 21.7 Å². The van der Waals surface area contributed by atoms with E-state index in [1.165, 1.54) is 13.8 Å². The largest absolute Gasteiger partial charge is 0.480 e. The number of rotatable bonds is 3. The van der Waals surface area contributed by atoms with Gasteiger partial charge in [-0.1, -0.05) is 13.8 Å². The lowest BCUT2D eigenvalue weighted by molar-refractivity contribution is -0.142. The van der Waals surface area contributed by atoms with Crippen molar-refractivity contribution in [2.24, 2.45) is 17.4 Å². The molecular weight excluding hydrogens is 200 g/mol. The highest BCUT2D eigenvalue weighted by Gasteiger charge is 2.19. The second-order valence-corrected chi connectivity index (χ2v) is 4.13. The van der Waals surface area contributed by atoms with E-state index in [1.807, 2.05) is 0 Å². The molecule has 6 nitrogen and oxygen atoms in total. The molecule has 0 aromatic heterocycles. The minimum Gasteiger partial charge on any atom is -0.480 e. The fraction of sp³-hybridized carbons (Fsp3) is 0.778. The summed E-state index contributed by atoms with van der Waals surface area (Å²) in [5, 5.41) is 16.4. The zero-order valence-corrected chi connectivity index (χ0v) is 9.52. The normalized spacial score (nSPS) is 12.7. The van der Waals surface area contributed by atoms with E-state index >= 15 is 0 Å². The molecule has 0 aliphatic rings. The maximum Gasteiger partial charge on any atom is 0.323 e. The summed E-state index contributed by atoms with van der Waals surface area (Å²) in [6.07, 6.45) is 0. The summed E-state index contributed by atoms with van der Waals surface area (Å²) >= 11 is 0. The van der Waals surface area contributed by atoms with E-state index in [9.17, 15) is 9.59 Å². The maximum atomic E-state index is 10.0. The molecule has 6 heteroatoms. The van der Waals surface area contributed by atoms with Crippen LogP contribution in [0.15, 0.2) is 0 Å². The highest BCUT2D eigenvalue weighted by molar-refractivity contribution is 5.77. The van der Waals surface area contributed by atoms with Crippen molar-refractivity contribution in [2.75, 3.05) is 0 Å². The Morgan fingerprint density at radius 3 is 1.47 bits per heavy atom. The minimum absolute atomic E-state index is 0.0208. The summed E-state index contributed by atoms with van der Waals surface area (Å²) in [6.45, 7) is 6.43. The van der Waals surface area contributed by atoms with Gasteiger partial charge in [0.25, 0.3) is 0 Å². The highest BCUT2D eigenvalue weighted by Crippen LogP contribution is 1.96. The molecule has 0 saturated carbocycles. The van der Waals surface area contributed by atoms with Gasteiger partial charge in [-0.15, -0.1) is 0 Å². The van der Waals surface area contributed by atoms with E-state index in [0.717, 1.165) is 0 Å². The van der Waals surface area contributed by atoms with Crippen molar-refractivity contribution in [1.29, 1.82) is 0 Å². The Labute approximate surface area is 89.3 Å². The third-order valence-corrected chi connectivity index (χ3v) is 1.55. The molecular formula is C9H20N2O4. The number of carboxylic acids is 2. The Kier molecular flexibility index (Phi) is 6.91. The monoisotopic (exact) mass is 220 g/mol. The molecule has 0 radical (unpaired) electrons. The van der Waals surface area contributed by atoms with Crippen molar-refractivity contribution in [3.05, 3.63) is 0 Å². The first kappa shape index (κ1) is 16.3. The maximum absolute atomic E-state index is 10.0. The van der Waals surface area contributed by atoms with Crippen molar-refractivity contribution in [3.8, 4) is 0 Å². The molecule has 0 heterocycles. The molecule has 90 valence electrons. The van der Waals surface area contributed by atoms with Crippen LogP contribution >= 0.6 is 0 Å². The molecule has 0 amide bonds. The summed E-state index contributed by atoms with van der Waals surface area (Å²) in [5.74, 6) is -1.89. The number of carbonyl (C=O) groups is 2. The van der Waals surface area contributed by atoms with Crippen LogP contribution in [0.4, 0.5) is 0 Å². The molecule has 0 aromatic carbocycles. The van der Waals surface area contributed by atoms with E-state index in [2.05, 4.69) is 0 Å². The molecule has 0 unspecified atom stereocenters. The number of carboxylic acid groups (broad SMARTS) is 2. The average Bonchev–Trinajstić information content (AvgIpc) is 2.01. The third kappa shape index (κ3) is 9.17. The van der Waals surface area contributed by atoms with Gasteiger partial charge in [0.2, 0.25) is 0 Å². The van der Waals surface area contributed by atoms with E-state index in [-0.39, 0.29) is 5.92 Å². The van der Waals surface area contributed by atoms with Crippen molar-refractivity contribution >= 4 is 11.9 Å². The van der Waals surface area contributed by atoms with Crippen molar-refractivity contribution < 1.29 is 19.8 Å². The van der Waals surface area contributed by atoms with E-state index in [4.69, 9.17) is 21.7 Å². The summed E-state index contributed by atoms with van der Waals surface area (Å²) < 4.78 is 0. The Bertz CT molecular complexity index is 221. The van der Waals surface area contributed by atoms with Gasteiger partial charge in [0.15, 0.2) is 0 Å². The van der Waals surface area contributed by atoms with Crippen molar-refractivity contribution in [1.82, 2.24) is 0 Å². The quantitative estimate of drug-likeness (QED) is 0.524. The van der Waals surface area contributed by atoms with Gasteiger partial charge in [0, 0.05) is 0 Å². The smallest absolute Gasteiger partial charge is 0.323 e. The molecule has 0 aliphatic heterocycles. The van der Waals surface area contributed by atoms with Gasteiger partial charge in [-0.2, -0.15) is 0 Å². The van der Waals surface area contributed by atoms with Crippen LogP contribution in [-0.2, 0) is 9.59 Å². The van der Waals surface area contributed by atoms with Crippen LogP contribution in [0.2, 0.25) is 0 Å². The van der Waals surface area contributed by atoms with Crippen LogP contribution in [-0.4, -0.2) is 33.7 Å². The summed E-state index contributed by atoms with van der Waals surface area (Å²) in [5.41, 5.74) is 9.16. The predicted molar refractivity (Wildman–Crippen MR) is 56.4 cm³/mol. The minimum atomic E-state index is -1.08. The van der Waals surface area contributed by atoms with Crippen molar-refractivity contribution in [3.63, 3.8) is 0 Å². The van der Waals surface area contributed by atoms with Gasteiger partial charge in [0.05, 0.1) is 0 Å². The number of hydrogen-bond donors (Lipinski definition) is 4. The van der Waals surface area contributed by atoms with Crippen molar-refractivity contribution in [2.45, 2.75) is 39.3 Å². The van der Waals surface area contributed by atoms with E-state index in [1.54, 1.807) is 13.8 Å². The fourth-order valence-electron chi connectivity index (χ4n) is 0.285. The lowest BCUT2D eigenvalue weighted by atomic mass is 10.1. The Morgan fingerprint density at radius 2 is 1.47 bits per heavy atom. The Morgan fingerprint density at radius 1 is 1.20 bits per heavy atom.